The summed E-state index contributed by atoms with van der Waals surface area (Å²) in [7, 11) is 0. The number of ether oxygens (including phenoxy) is 1. The Bertz CT molecular complexity index is 657. The third-order valence-electron chi connectivity index (χ3n) is 3.02. The number of hydrogen-bond donors (Lipinski definition) is 2. The van der Waals surface area contributed by atoms with Gasteiger partial charge in [-0.25, -0.2) is 10.2 Å². The fourth-order valence-electron chi connectivity index (χ4n) is 1.76. The van der Waals surface area contributed by atoms with Gasteiger partial charge in [0.15, 0.2) is 6.61 Å². The lowest BCUT2D eigenvalue weighted by atomic mass is 10.2. The molecule has 1 aliphatic heterocycles. The maximum Gasteiger partial charge on any atom is 0.355 e. The van der Waals surface area contributed by atoms with Crippen molar-refractivity contribution < 1.29 is 19.1 Å². The summed E-state index contributed by atoms with van der Waals surface area (Å²) < 4.78 is 4.85. The second-order valence-corrected chi connectivity index (χ2v) is 5.04. The van der Waals surface area contributed by atoms with E-state index in [-0.39, 0.29) is 24.5 Å². The first kappa shape index (κ1) is 16.0. The summed E-state index contributed by atoms with van der Waals surface area (Å²) in [6, 6.07) is 5.11. The molecule has 1 heterocycles. The lowest BCUT2D eigenvalue weighted by Gasteiger charge is -2.12. The predicted molar refractivity (Wildman–Crippen MR) is 80.6 cm³/mol. The molecule has 1 aromatic rings. The van der Waals surface area contributed by atoms with Crippen LogP contribution >= 0.6 is 11.6 Å². The first-order valence-electron chi connectivity index (χ1n) is 6.55. The minimum atomic E-state index is -0.724. The van der Waals surface area contributed by atoms with E-state index in [2.05, 4.69) is 15.8 Å². The molecule has 0 aliphatic carbocycles. The molecule has 0 fully saturated rings. The minimum Gasteiger partial charge on any atom is -0.451 e. The van der Waals surface area contributed by atoms with E-state index in [1.54, 1.807) is 25.1 Å². The van der Waals surface area contributed by atoms with Crippen molar-refractivity contribution in [3.8, 4) is 0 Å². The number of esters is 1. The van der Waals surface area contributed by atoms with Gasteiger partial charge in [-0.2, -0.15) is 5.10 Å². The van der Waals surface area contributed by atoms with Crippen LogP contribution in [0.25, 0.3) is 0 Å². The second-order valence-electron chi connectivity index (χ2n) is 4.63. The first-order chi connectivity index (χ1) is 10.5. The monoisotopic (exact) mass is 323 g/mol. The summed E-state index contributed by atoms with van der Waals surface area (Å²) >= 11 is 5.95. The third-order valence-corrected chi connectivity index (χ3v) is 3.43. The van der Waals surface area contributed by atoms with Crippen LogP contribution in [-0.2, 0) is 19.1 Å². The number of carbonyl (C=O) groups is 3. The van der Waals surface area contributed by atoms with Gasteiger partial charge in [0.25, 0.3) is 5.91 Å². The average Bonchev–Trinajstić information content (AvgIpc) is 2.50. The van der Waals surface area contributed by atoms with Crippen LogP contribution in [0.1, 0.15) is 18.4 Å². The smallest absolute Gasteiger partial charge is 0.355 e. The van der Waals surface area contributed by atoms with Crippen LogP contribution in [0.5, 0.6) is 0 Å². The van der Waals surface area contributed by atoms with Gasteiger partial charge in [-0.05, 0) is 24.6 Å². The maximum absolute atomic E-state index is 11.8. The normalized spacial score (nSPS) is 13.9. The van der Waals surface area contributed by atoms with Gasteiger partial charge in [-0.15, -0.1) is 0 Å². The molecule has 0 atom stereocenters. The first-order valence-corrected chi connectivity index (χ1v) is 6.92. The van der Waals surface area contributed by atoms with Gasteiger partial charge in [0, 0.05) is 23.6 Å². The van der Waals surface area contributed by atoms with Crippen molar-refractivity contribution in [3.05, 3.63) is 28.8 Å². The quantitative estimate of drug-likeness (QED) is 0.818. The number of anilines is 1. The Balaban J connectivity index is 1.86. The molecule has 116 valence electrons. The van der Waals surface area contributed by atoms with E-state index in [0.29, 0.717) is 10.7 Å². The number of amides is 2. The molecule has 0 radical (unpaired) electrons. The van der Waals surface area contributed by atoms with E-state index >= 15 is 0 Å². The molecule has 2 amide bonds. The van der Waals surface area contributed by atoms with E-state index in [9.17, 15) is 14.4 Å². The zero-order valence-electron chi connectivity index (χ0n) is 11.8. The van der Waals surface area contributed by atoms with Crippen LogP contribution in [0.4, 0.5) is 5.69 Å². The van der Waals surface area contributed by atoms with Crippen molar-refractivity contribution in [2.24, 2.45) is 5.10 Å². The Labute approximate surface area is 131 Å². The van der Waals surface area contributed by atoms with E-state index in [4.69, 9.17) is 16.3 Å². The highest BCUT2D eigenvalue weighted by atomic mass is 35.5. The van der Waals surface area contributed by atoms with Crippen molar-refractivity contribution in [1.82, 2.24) is 5.43 Å². The third kappa shape index (κ3) is 4.05. The number of hydrazone groups is 1. The Morgan fingerprint density at radius 3 is 2.86 bits per heavy atom. The summed E-state index contributed by atoms with van der Waals surface area (Å²) in [6.45, 7) is 1.32. The molecule has 1 aliphatic rings. The maximum atomic E-state index is 11.8. The largest absolute Gasteiger partial charge is 0.451 e. The van der Waals surface area contributed by atoms with Crippen LogP contribution in [0, 0.1) is 6.92 Å². The average molecular weight is 324 g/mol. The van der Waals surface area contributed by atoms with Crippen molar-refractivity contribution in [2.45, 2.75) is 19.8 Å². The number of carbonyl (C=O) groups excluding carboxylic acids is 3. The summed E-state index contributed by atoms with van der Waals surface area (Å²) in [5.74, 6) is -1.47. The van der Waals surface area contributed by atoms with Gasteiger partial charge in [-0.3, -0.25) is 9.59 Å². The molecule has 7 nitrogen and oxygen atoms in total. The summed E-state index contributed by atoms with van der Waals surface area (Å²) in [6.07, 6.45) is 0.363. The number of rotatable bonds is 4. The molecule has 0 aromatic heterocycles. The summed E-state index contributed by atoms with van der Waals surface area (Å²) in [4.78, 5) is 34.4. The summed E-state index contributed by atoms with van der Waals surface area (Å²) in [5.41, 5.74) is 3.55. The fourth-order valence-corrected chi connectivity index (χ4v) is 1.94. The molecular formula is C14H14ClN3O4. The minimum absolute atomic E-state index is 0.0892. The Morgan fingerprint density at radius 1 is 1.41 bits per heavy atom. The molecular weight excluding hydrogens is 310 g/mol. The number of hydrogen-bond acceptors (Lipinski definition) is 5. The van der Waals surface area contributed by atoms with Crippen molar-refractivity contribution in [3.63, 3.8) is 0 Å². The predicted octanol–water partition coefficient (Wildman–Crippen LogP) is 1.40. The Hall–Kier alpha value is -2.41. The van der Waals surface area contributed by atoms with Gasteiger partial charge in [0.1, 0.15) is 5.71 Å². The Morgan fingerprint density at radius 2 is 2.18 bits per heavy atom. The lowest BCUT2D eigenvalue weighted by Crippen LogP contribution is -2.32. The van der Waals surface area contributed by atoms with E-state index in [1.165, 1.54) is 0 Å². The molecule has 0 spiro atoms. The molecule has 0 bridgehead atoms. The molecule has 2 N–H and O–H groups in total. The number of nitrogens with one attached hydrogen (secondary N) is 2. The highest BCUT2D eigenvalue weighted by molar-refractivity contribution is 6.37. The van der Waals surface area contributed by atoms with Crippen molar-refractivity contribution in [2.75, 3.05) is 11.9 Å². The van der Waals surface area contributed by atoms with Gasteiger partial charge < -0.3 is 10.1 Å². The molecule has 0 saturated heterocycles. The van der Waals surface area contributed by atoms with E-state index < -0.39 is 18.5 Å². The van der Waals surface area contributed by atoms with Gasteiger partial charge in [-0.1, -0.05) is 17.7 Å². The fraction of sp³-hybridized carbons (Fsp3) is 0.286. The number of nitrogens with zero attached hydrogens (tertiary/aromatic N) is 1. The molecule has 0 unspecified atom stereocenters. The standard InChI is InChI=1S/C14H14ClN3O4/c1-8-9(15)3-2-4-10(8)16-13(20)7-22-14(21)11-5-6-12(19)18-17-11/h2-4H,5-7H2,1H3,(H,16,20)(H,18,19). The number of halogens is 1. The van der Waals surface area contributed by atoms with Crippen LogP contribution in [0.2, 0.25) is 5.02 Å². The van der Waals surface area contributed by atoms with Gasteiger partial charge in [0.05, 0.1) is 0 Å². The van der Waals surface area contributed by atoms with Gasteiger partial charge >= 0.3 is 5.97 Å². The second kappa shape index (κ2) is 7.04. The topological polar surface area (TPSA) is 96.9 Å². The zero-order chi connectivity index (χ0) is 16.1. The van der Waals surface area contributed by atoms with Crippen LogP contribution < -0.4 is 10.7 Å². The molecule has 0 saturated carbocycles. The highest BCUT2D eigenvalue weighted by Gasteiger charge is 2.20. The zero-order valence-corrected chi connectivity index (χ0v) is 12.6. The molecule has 2 rings (SSSR count). The van der Waals surface area contributed by atoms with Crippen LogP contribution in [0.3, 0.4) is 0 Å². The Kier molecular flexibility index (Phi) is 5.11. The highest BCUT2D eigenvalue weighted by Crippen LogP contribution is 2.22. The SMILES string of the molecule is Cc1c(Cl)cccc1NC(=O)COC(=O)C1=NNC(=O)CC1. The van der Waals surface area contributed by atoms with Crippen molar-refractivity contribution >= 4 is 40.8 Å². The molecule has 22 heavy (non-hydrogen) atoms. The van der Waals surface area contributed by atoms with E-state index in [0.717, 1.165) is 5.56 Å². The molecule has 8 heteroatoms. The van der Waals surface area contributed by atoms with Crippen LogP contribution in [0.15, 0.2) is 23.3 Å². The van der Waals surface area contributed by atoms with Crippen LogP contribution in [-0.4, -0.2) is 30.1 Å². The van der Waals surface area contributed by atoms with E-state index in [1.807, 2.05) is 0 Å². The van der Waals surface area contributed by atoms with Gasteiger partial charge in [0.2, 0.25) is 5.91 Å². The molecule has 1 aromatic carbocycles. The lowest BCUT2D eigenvalue weighted by molar-refractivity contribution is -0.140. The number of benzene rings is 1. The van der Waals surface area contributed by atoms with Crippen molar-refractivity contribution in [1.29, 1.82) is 0 Å². The summed E-state index contributed by atoms with van der Waals surface area (Å²) in [5, 5.41) is 6.73.